The summed E-state index contributed by atoms with van der Waals surface area (Å²) in [6.45, 7) is 4.98. The zero-order valence-electron chi connectivity index (χ0n) is 11.3. The van der Waals surface area contributed by atoms with Gasteiger partial charge in [-0.25, -0.2) is 8.51 Å². The van der Waals surface area contributed by atoms with Crippen LogP contribution in [0.25, 0.3) is 0 Å². The molecule has 1 aliphatic heterocycles. The Bertz CT molecular complexity index is 467. The minimum atomic E-state index is -1.11. The molecule has 1 saturated heterocycles. The third-order valence-corrected chi connectivity index (χ3v) is 4.58. The van der Waals surface area contributed by atoms with E-state index in [9.17, 15) is 9.00 Å². The third kappa shape index (κ3) is 3.86. The van der Waals surface area contributed by atoms with Crippen LogP contribution in [0.4, 0.5) is 5.69 Å². The number of likely N-dealkylation sites (N-methyl/N-ethyl adjacent to an activating group) is 1. The molecule has 19 heavy (non-hydrogen) atoms. The quantitative estimate of drug-likeness (QED) is 0.896. The Morgan fingerprint density at radius 1 is 1.16 bits per heavy atom. The van der Waals surface area contributed by atoms with E-state index in [-0.39, 0.29) is 5.91 Å². The number of anilines is 1. The molecule has 0 bridgehead atoms. The molecule has 1 aliphatic rings. The highest BCUT2D eigenvalue weighted by molar-refractivity contribution is 7.82. The van der Waals surface area contributed by atoms with Crippen molar-refractivity contribution in [2.75, 3.05) is 38.5 Å². The van der Waals surface area contributed by atoms with E-state index in [4.69, 9.17) is 0 Å². The van der Waals surface area contributed by atoms with Gasteiger partial charge in [-0.2, -0.15) is 0 Å². The second-order valence-electron chi connectivity index (χ2n) is 4.69. The first kappa shape index (κ1) is 14.2. The van der Waals surface area contributed by atoms with Crippen LogP contribution in [0.1, 0.15) is 6.92 Å². The van der Waals surface area contributed by atoms with Crippen LogP contribution in [0, 0.1) is 0 Å². The first-order valence-corrected chi connectivity index (χ1v) is 7.40. The fraction of sp³-hybridized carbons (Fsp3) is 0.462. The van der Waals surface area contributed by atoms with Gasteiger partial charge in [0.15, 0.2) is 0 Å². The summed E-state index contributed by atoms with van der Waals surface area (Å²) in [5, 5.41) is 2.70. The van der Waals surface area contributed by atoms with Crippen molar-refractivity contribution in [1.29, 1.82) is 0 Å². The molecule has 1 aromatic rings. The summed E-state index contributed by atoms with van der Waals surface area (Å²) in [6, 6.07) is 7.18. The zero-order chi connectivity index (χ0) is 13.8. The predicted molar refractivity (Wildman–Crippen MR) is 76.2 cm³/mol. The lowest BCUT2D eigenvalue weighted by Crippen LogP contribution is -2.45. The summed E-state index contributed by atoms with van der Waals surface area (Å²) in [6.07, 6.45) is 0. The molecule has 0 aliphatic carbocycles. The normalized spacial score (nSPS) is 19.1. The fourth-order valence-corrected chi connectivity index (χ4v) is 3.12. The van der Waals surface area contributed by atoms with Crippen molar-refractivity contribution in [3.8, 4) is 0 Å². The number of carbonyl (C=O) groups is 1. The Labute approximate surface area is 116 Å². The standard InChI is InChI=1S/C13H19N3O2S/c1-11(17)14-12-3-5-13(6-4-12)19(18)16-9-7-15(2)8-10-16/h3-6H,7-10H2,1-2H3,(H,14,17). The van der Waals surface area contributed by atoms with Crippen molar-refractivity contribution in [3.05, 3.63) is 24.3 Å². The second-order valence-corrected chi connectivity index (χ2v) is 6.17. The predicted octanol–water partition coefficient (Wildman–Crippen LogP) is 0.915. The number of piperazine rings is 1. The maximum absolute atomic E-state index is 12.4. The summed E-state index contributed by atoms with van der Waals surface area (Å²) in [5.41, 5.74) is 0.728. The summed E-state index contributed by atoms with van der Waals surface area (Å²) in [5.74, 6) is -0.104. The van der Waals surface area contributed by atoms with Crippen LogP contribution in [-0.2, 0) is 15.8 Å². The summed E-state index contributed by atoms with van der Waals surface area (Å²) in [7, 11) is 0.960. The van der Waals surface area contributed by atoms with Crippen LogP contribution in [0.2, 0.25) is 0 Å². The minimum Gasteiger partial charge on any atom is -0.326 e. The molecule has 1 amide bonds. The molecule has 0 saturated carbocycles. The van der Waals surface area contributed by atoms with Crippen LogP contribution in [-0.4, -0.2) is 52.5 Å². The second kappa shape index (κ2) is 6.27. The molecule has 104 valence electrons. The Morgan fingerprint density at radius 3 is 2.26 bits per heavy atom. The maximum atomic E-state index is 12.4. The highest BCUT2D eigenvalue weighted by atomic mass is 32.2. The summed E-state index contributed by atoms with van der Waals surface area (Å²) in [4.78, 5) is 13.9. The topological polar surface area (TPSA) is 52.7 Å². The van der Waals surface area contributed by atoms with Crippen LogP contribution >= 0.6 is 0 Å². The molecule has 1 N–H and O–H groups in total. The summed E-state index contributed by atoms with van der Waals surface area (Å²) >= 11 is 0. The number of benzene rings is 1. The smallest absolute Gasteiger partial charge is 0.221 e. The zero-order valence-corrected chi connectivity index (χ0v) is 12.1. The number of nitrogens with one attached hydrogen (secondary N) is 1. The van der Waals surface area contributed by atoms with Gasteiger partial charge in [0.05, 0.1) is 4.90 Å². The number of nitrogens with zero attached hydrogens (tertiary/aromatic N) is 2. The molecule has 1 aromatic carbocycles. The first-order chi connectivity index (χ1) is 9.06. The van der Waals surface area contributed by atoms with Gasteiger partial charge in [0.25, 0.3) is 0 Å². The van der Waals surface area contributed by atoms with E-state index in [2.05, 4.69) is 17.3 Å². The van der Waals surface area contributed by atoms with Crippen molar-refractivity contribution in [2.45, 2.75) is 11.8 Å². The average molecular weight is 281 g/mol. The first-order valence-electron chi connectivity index (χ1n) is 6.29. The van der Waals surface area contributed by atoms with Gasteiger partial charge in [0.1, 0.15) is 11.0 Å². The molecule has 5 nitrogen and oxygen atoms in total. The van der Waals surface area contributed by atoms with Gasteiger partial charge in [0.2, 0.25) is 5.91 Å². The number of hydrogen-bond donors (Lipinski definition) is 1. The van der Waals surface area contributed by atoms with E-state index in [1.54, 1.807) is 24.3 Å². The highest BCUT2D eigenvalue weighted by Crippen LogP contribution is 2.16. The van der Waals surface area contributed by atoms with E-state index in [0.717, 1.165) is 36.8 Å². The molecule has 1 fully saturated rings. The summed E-state index contributed by atoms with van der Waals surface area (Å²) < 4.78 is 14.4. The molecule has 0 spiro atoms. The number of amides is 1. The lowest BCUT2D eigenvalue weighted by Gasteiger charge is -2.31. The van der Waals surface area contributed by atoms with E-state index in [0.29, 0.717) is 0 Å². The Hall–Kier alpha value is -1.24. The Balaban J connectivity index is 2.01. The molecule has 0 aromatic heterocycles. The monoisotopic (exact) mass is 281 g/mol. The SMILES string of the molecule is CC(=O)Nc1ccc(S(=O)N2CCN(C)CC2)cc1. The maximum Gasteiger partial charge on any atom is 0.221 e. The molecular formula is C13H19N3O2S. The van der Waals surface area contributed by atoms with Crippen LogP contribution in [0.3, 0.4) is 0 Å². The van der Waals surface area contributed by atoms with Gasteiger partial charge in [-0.05, 0) is 31.3 Å². The molecule has 1 unspecified atom stereocenters. The van der Waals surface area contributed by atoms with Crippen LogP contribution in [0.5, 0.6) is 0 Å². The van der Waals surface area contributed by atoms with Crippen molar-refractivity contribution in [1.82, 2.24) is 9.21 Å². The lowest BCUT2D eigenvalue weighted by atomic mass is 10.3. The van der Waals surface area contributed by atoms with Crippen molar-refractivity contribution in [2.24, 2.45) is 0 Å². The molecule has 6 heteroatoms. The van der Waals surface area contributed by atoms with Crippen LogP contribution < -0.4 is 5.32 Å². The van der Waals surface area contributed by atoms with Gasteiger partial charge in [0, 0.05) is 38.8 Å². The Kier molecular flexibility index (Phi) is 4.68. The Morgan fingerprint density at radius 2 is 1.74 bits per heavy atom. The third-order valence-electron chi connectivity index (χ3n) is 3.07. The van der Waals surface area contributed by atoms with E-state index in [1.807, 2.05) is 4.31 Å². The van der Waals surface area contributed by atoms with E-state index in [1.165, 1.54) is 6.92 Å². The van der Waals surface area contributed by atoms with Crippen LogP contribution in [0.15, 0.2) is 29.2 Å². The fourth-order valence-electron chi connectivity index (χ4n) is 1.96. The van der Waals surface area contributed by atoms with Gasteiger partial charge in [-0.1, -0.05) is 0 Å². The highest BCUT2D eigenvalue weighted by Gasteiger charge is 2.20. The largest absolute Gasteiger partial charge is 0.326 e. The average Bonchev–Trinajstić information content (AvgIpc) is 2.39. The number of carbonyl (C=O) groups excluding carboxylic acids is 1. The van der Waals surface area contributed by atoms with Gasteiger partial charge in [-0.15, -0.1) is 0 Å². The van der Waals surface area contributed by atoms with Crippen molar-refractivity contribution in [3.63, 3.8) is 0 Å². The molecule has 1 heterocycles. The molecule has 2 rings (SSSR count). The molecular weight excluding hydrogens is 262 g/mol. The van der Waals surface area contributed by atoms with E-state index < -0.39 is 11.0 Å². The van der Waals surface area contributed by atoms with Crippen molar-refractivity contribution >= 4 is 22.6 Å². The molecule has 1 atom stereocenters. The number of hydrogen-bond acceptors (Lipinski definition) is 3. The van der Waals surface area contributed by atoms with Crippen molar-refractivity contribution < 1.29 is 9.00 Å². The van der Waals surface area contributed by atoms with Gasteiger partial charge in [-0.3, -0.25) is 4.79 Å². The lowest BCUT2D eigenvalue weighted by molar-refractivity contribution is -0.114. The van der Waals surface area contributed by atoms with Gasteiger partial charge < -0.3 is 10.2 Å². The number of rotatable bonds is 3. The van der Waals surface area contributed by atoms with Gasteiger partial charge >= 0.3 is 0 Å². The minimum absolute atomic E-state index is 0.104. The molecule has 0 radical (unpaired) electrons. The van der Waals surface area contributed by atoms with E-state index >= 15 is 0 Å².